The number of hydrogen-bond acceptors (Lipinski definition) is 6. The van der Waals surface area contributed by atoms with E-state index in [-0.39, 0.29) is 22.3 Å². The minimum Gasteiger partial charge on any atom is -0.368 e. The van der Waals surface area contributed by atoms with Crippen LogP contribution in [-0.2, 0) is 14.4 Å². The van der Waals surface area contributed by atoms with Gasteiger partial charge in [0.25, 0.3) is 10.1 Å². The lowest BCUT2D eigenvalue weighted by atomic mass is 10.2. The molecule has 1 aromatic carbocycles. The predicted octanol–water partition coefficient (Wildman–Crippen LogP) is 0.751. The second kappa shape index (κ2) is 6.37. The first-order valence-corrected chi connectivity index (χ1v) is 8.30. The van der Waals surface area contributed by atoms with E-state index in [1.165, 1.54) is 25.1 Å². The summed E-state index contributed by atoms with van der Waals surface area (Å²) in [5.74, 6) is -2.28. The summed E-state index contributed by atoms with van der Waals surface area (Å²) in [4.78, 5) is 19.2. The monoisotopic (exact) mass is 355 g/mol. The third-order valence-electron chi connectivity index (χ3n) is 2.80. The Morgan fingerprint density at radius 1 is 1.46 bits per heavy atom. The Morgan fingerprint density at radius 3 is 2.67 bits per heavy atom. The zero-order valence-corrected chi connectivity index (χ0v) is 13.5. The highest BCUT2D eigenvalue weighted by molar-refractivity contribution is 7.85. The molecule has 24 heavy (non-hydrogen) atoms. The second-order valence-electron chi connectivity index (χ2n) is 4.83. The molecular weight excluding hydrogens is 341 g/mol. The number of benzene rings is 1. The molecule has 2 aromatic rings. The quantitative estimate of drug-likeness (QED) is 0.420. The molecule has 1 heterocycles. The first-order chi connectivity index (χ1) is 11.1. The van der Waals surface area contributed by atoms with Crippen molar-refractivity contribution in [2.45, 2.75) is 6.92 Å². The van der Waals surface area contributed by atoms with Crippen LogP contribution >= 0.6 is 0 Å². The third-order valence-corrected chi connectivity index (χ3v) is 3.22. The molecule has 0 saturated carbocycles. The number of guanidine groups is 1. The molecule has 0 aliphatic rings. The molecule has 0 saturated heterocycles. The highest BCUT2D eigenvalue weighted by Gasteiger charge is 2.28. The molecule has 0 aliphatic heterocycles. The lowest BCUT2D eigenvalue weighted by Crippen LogP contribution is -2.42. The van der Waals surface area contributed by atoms with Gasteiger partial charge in [0.2, 0.25) is 5.96 Å². The normalized spacial score (nSPS) is 11.3. The maximum absolute atomic E-state index is 13.3. The van der Waals surface area contributed by atoms with Crippen molar-refractivity contribution in [1.29, 1.82) is 5.41 Å². The van der Waals surface area contributed by atoms with Crippen molar-refractivity contribution in [1.82, 2.24) is 15.0 Å². The summed E-state index contributed by atoms with van der Waals surface area (Å²) in [6.45, 7) is 1.50. The van der Waals surface area contributed by atoms with E-state index in [0.717, 1.165) is 0 Å². The Balaban J connectivity index is 2.41. The number of halogens is 1. The Labute approximate surface area is 136 Å². The largest absolute Gasteiger partial charge is 0.368 e. The Kier molecular flexibility index (Phi) is 4.66. The average Bonchev–Trinajstić information content (AvgIpc) is 2.85. The van der Waals surface area contributed by atoms with E-state index < -0.39 is 27.8 Å². The molecule has 0 bridgehead atoms. The number of nitrogens with one attached hydrogen (secondary N) is 2. The van der Waals surface area contributed by atoms with Gasteiger partial charge in [-0.1, -0.05) is 12.1 Å². The molecular formula is C13H14FN5O4S. The Bertz CT molecular complexity index is 909. The van der Waals surface area contributed by atoms with E-state index in [0.29, 0.717) is 11.8 Å². The number of imidazole rings is 1. The molecule has 0 fully saturated rings. The van der Waals surface area contributed by atoms with Crippen LogP contribution in [0.2, 0.25) is 0 Å². The molecule has 4 N–H and O–H groups in total. The zero-order valence-electron chi connectivity index (χ0n) is 12.7. The molecule has 0 atom stereocenters. The van der Waals surface area contributed by atoms with Crippen molar-refractivity contribution in [2.75, 3.05) is 6.26 Å². The maximum atomic E-state index is 13.3. The standard InChI is InChI=1S/C13H14FN5O4S/c1-7-10(12(20)19(13(15)16)23-24(2,21)22)18-11(17-7)8-4-3-5-9(14)6-8/h3-6H,1-2H3,(H3,15,16)(H,17,18). The number of carbonyl (C=O) groups excluding carboxylic acids is 1. The highest BCUT2D eigenvalue weighted by Crippen LogP contribution is 2.20. The lowest BCUT2D eigenvalue weighted by molar-refractivity contribution is 0.0195. The van der Waals surface area contributed by atoms with E-state index in [2.05, 4.69) is 14.3 Å². The number of aryl methyl sites for hydroxylation is 1. The number of nitrogens with two attached hydrogens (primary N) is 1. The van der Waals surface area contributed by atoms with E-state index in [1.807, 2.05) is 0 Å². The minimum atomic E-state index is -4.09. The van der Waals surface area contributed by atoms with Gasteiger partial charge in [-0.3, -0.25) is 10.2 Å². The van der Waals surface area contributed by atoms with E-state index in [9.17, 15) is 17.6 Å². The van der Waals surface area contributed by atoms with Crippen LogP contribution in [-0.4, -0.2) is 41.6 Å². The van der Waals surface area contributed by atoms with Crippen LogP contribution in [0, 0.1) is 18.2 Å². The van der Waals surface area contributed by atoms with Crippen molar-refractivity contribution < 1.29 is 21.9 Å². The smallest absolute Gasteiger partial charge is 0.306 e. The third kappa shape index (κ3) is 3.94. The maximum Gasteiger partial charge on any atom is 0.306 e. The van der Waals surface area contributed by atoms with Gasteiger partial charge < -0.3 is 10.7 Å². The fourth-order valence-corrected chi connectivity index (χ4v) is 2.27. The molecule has 0 aliphatic carbocycles. The number of amides is 1. The van der Waals surface area contributed by atoms with Crippen LogP contribution < -0.4 is 5.73 Å². The van der Waals surface area contributed by atoms with Crippen LogP contribution in [0.5, 0.6) is 0 Å². The van der Waals surface area contributed by atoms with Gasteiger partial charge in [0.15, 0.2) is 5.69 Å². The van der Waals surface area contributed by atoms with Crippen molar-refractivity contribution in [3.63, 3.8) is 0 Å². The molecule has 0 spiro atoms. The number of hydroxylamine groups is 2. The topological polar surface area (TPSA) is 142 Å². The summed E-state index contributed by atoms with van der Waals surface area (Å²) in [7, 11) is -4.09. The van der Waals surface area contributed by atoms with Gasteiger partial charge in [-0.2, -0.15) is 8.42 Å². The van der Waals surface area contributed by atoms with E-state index in [4.69, 9.17) is 11.1 Å². The fourth-order valence-electron chi connectivity index (χ4n) is 1.86. The Morgan fingerprint density at radius 2 is 2.12 bits per heavy atom. The number of nitrogens with zero attached hydrogens (tertiary/aromatic N) is 2. The van der Waals surface area contributed by atoms with E-state index in [1.54, 1.807) is 6.07 Å². The Hall–Kier alpha value is -2.79. The number of hydrogen-bond donors (Lipinski definition) is 3. The van der Waals surface area contributed by atoms with Gasteiger partial charge >= 0.3 is 5.91 Å². The number of H-pyrrole nitrogens is 1. The molecule has 0 radical (unpaired) electrons. The van der Waals surface area contributed by atoms with Gasteiger partial charge in [-0.25, -0.2) is 9.37 Å². The van der Waals surface area contributed by atoms with Crippen LogP contribution in [0.3, 0.4) is 0 Å². The fraction of sp³-hybridized carbons (Fsp3) is 0.154. The summed E-state index contributed by atoms with van der Waals surface area (Å²) in [6.07, 6.45) is 0.700. The van der Waals surface area contributed by atoms with Crippen LogP contribution in [0.4, 0.5) is 4.39 Å². The van der Waals surface area contributed by atoms with Gasteiger partial charge in [0, 0.05) is 11.3 Å². The summed E-state index contributed by atoms with van der Waals surface area (Å²) >= 11 is 0. The van der Waals surface area contributed by atoms with Crippen molar-refractivity contribution in [2.24, 2.45) is 5.73 Å². The minimum absolute atomic E-state index is 0.105. The zero-order chi connectivity index (χ0) is 18.1. The molecule has 1 aromatic heterocycles. The van der Waals surface area contributed by atoms with Crippen molar-refractivity contribution >= 4 is 22.0 Å². The number of rotatable bonds is 4. The van der Waals surface area contributed by atoms with Crippen molar-refractivity contribution in [3.8, 4) is 11.4 Å². The molecule has 128 valence electrons. The summed E-state index contributed by atoms with van der Waals surface area (Å²) in [6, 6.07) is 5.51. The van der Waals surface area contributed by atoms with Gasteiger partial charge in [-0.15, -0.1) is 9.35 Å². The van der Waals surface area contributed by atoms with Gasteiger partial charge in [0.1, 0.15) is 11.6 Å². The van der Waals surface area contributed by atoms with Crippen LogP contribution in [0.25, 0.3) is 11.4 Å². The predicted molar refractivity (Wildman–Crippen MR) is 82.7 cm³/mol. The summed E-state index contributed by atoms with van der Waals surface area (Å²) in [5, 5.41) is 7.39. The van der Waals surface area contributed by atoms with Crippen LogP contribution in [0.1, 0.15) is 16.2 Å². The van der Waals surface area contributed by atoms with Crippen molar-refractivity contribution in [3.05, 3.63) is 41.5 Å². The number of aromatic nitrogens is 2. The number of carbonyl (C=O) groups is 1. The van der Waals surface area contributed by atoms with Crippen LogP contribution in [0.15, 0.2) is 24.3 Å². The van der Waals surface area contributed by atoms with E-state index >= 15 is 0 Å². The summed E-state index contributed by atoms with van der Waals surface area (Å²) < 4.78 is 40.1. The average molecular weight is 355 g/mol. The lowest BCUT2D eigenvalue weighted by Gasteiger charge is -2.16. The first-order valence-electron chi connectivity index (χ1n) is 6.49. The molecule has 0 unspecified atom stereocenters. The summed E-state index contributed by atoms with van der Waals surface area (Å²) in [5.41, 5.74) is 5.62. The molecule has 1 amide bonds. The molecule has 11 heteroatoms. The number of aromatic amines is 1. The van der Waals surface area contributed by atoms with Gasteiger partial charge in [0.05, 0.1) is 6.26 Å². The SMILES string of the molecule is Cc1[nH]c(-c2cccc(F)c2)nc1C(=O)N(OS(C)(=O)=O)C(=N)N. The molecule has 9 nitrogen and oxygen atoms in total. The second-order valence-corrected chi connectivity index (χ2v) is 6.39. The van der Waals surface area contributed by atoms with Gasteiger partial charge in [-0.05, 0) is 19.1 Å². The first kappa shape index (κ1) is 17.6. The highest BCUT2D eigenvalue weighted by atomic mass is 32.2. The molecule has 2 rings (SSSR count).